The molecule has 188 valence electrons. The Labute approximate surface area is 203 Å². The molecule has 0 amide bonds. The van der Waals surface area contributed by atoms with E-state index < -0.39 is 26.2 Å². The number of esters is 1. The fourth-order valence-electron chi connectivity index (χ4n) is 2.38. The fraction of sp³-hybridized carbons (Fsp3) is 0.0909. The van der Waals surface area contributed by atoms with Gasteiger partial charge in [0.05, 0.1) is 12.5 Å². The van der Waals surface area contributed by atoms with Crippen molar-refractivity contribution in [3.05, 3.63) is 77.9 Å². The van der Waals surface area contributed by atoms with E-state index in [1.54, 1.807) is 36.4 Å². The summed E-state index contributed by atoms with van der Waals surface area (Å²) < 4.78 is 57.1. The van der Waals surface area contributed by atoms with Gasteiger partial charge >= 0.3 is 5.97 Å². The van der Waals surface area contributed by atoms with Gasteiger partial charge in [-0.3, -0.25) is 14.5 Å². The van der Waals surface area contributed by atoms with Crippen molar-refractivity contribution in [3.63, 3.8) is 0 Å². The normalized spacial score (nSPS) is 11.1. The SMILES string of the molecule is CS(=O)(=O)O.CS(=O)(=O)O.N=C(N)c1ccc2cc(OC(=O)C=Cc3ccc(N)cc3)ccc2c1. The van der Waals surface area contributed by atoms with Crippen molar-refractivity contribution in [2.75, 3.05) is 18.2 Å². The smallest absolute Gasteiger partial charge is 0.336 e. The van der Waals surface area contributed by atoms with Gasteiger partial charge in [-0.15, -0.1) is 0 Å². The van der Waals surface area contributed by atoms with E-state index in [4.69, 9.17) is 30.7 Å². The molecule has 13 heteroatoms. The van der Waals surface area contributed by atoms with Crippen LogP contribution in [0.1, 0.15) is 11.1 Å². The Bertz CT molecular complexity index is 1390. The molecule has 0 atom stereocenters. The van der Waals surface area contributed by atoms with E-state index in [1.807, 2.05) is 30.3 Å². The summed E-state index contributed by atoms with van der Waals surface area (Å²) in [5.41, 5.74) is 13.3. The van der Waals surface area contributed by atoms with Crippen molar-refractivity contribution < 1.29 is 35.5 Å². The van der Waals surface area contributed by atoms with Crippen LogP contribution in [0.25, 0.3) is 16.8 Å². The Kier molecular flexibility index (Phi) is 10.5. The average molecular weight is 524 g/mol. The first-order chi connectivity index (χ1) is 16.0. The van der Waals surface area contributed by atoms with Gasteiger partial charge in [0.1, 0.15) is 11.6 Å². The summed E-state index contributed by atoms with van der Waals surface area (Å²) in [4.78, 5) is 12.0. The molecule has 0 unspecified atom stereocenters. The van der Waals surface area contributed by atoms with Crippen LogP contribution in [0.3, 0.4) is 0 Å². The number of benzene rings is 3. The van der Waals surface area contributed by atoms with Gasteiger partial charge in [-0.05, 0) is 52.7 Å². The van der Waals surface area contributed by atoms with Crippen LogP contribution in [0.2, 0.25) is 0 Å². The second-order valence-electron chi connectivity index (χ2n) is 7.02. The second-order valence-corrected chi connectivity index (χ2v) is 9.96. The maximum atomic E-state index is 12.0. The predicted octanol–water partition coefficient (Wildman–Crippen LogP) is 2.33. The molecule has 0 heterocycles. The molecule has 0 aliphatic heterocycles. The van der Waals surface area contributed by atoms with E-state index in [0.717, 1.165) is 16.3 Å². The zero-order chi connectivity index (χ0) is 26.8. The van der Waals surface area contributed by atoms with Crippen LogP contribution in [-0.4, -0.2) is 50.3 Å². The van der Waals surface area contributed by atoms with E-state index in [9.17, 15) is 21.6 Å². The minimum absolute atomic E-state index is 0.0187. The Morgan fingerprint density at radius 1 is 0.886 bits per heavy atom. The second kappa shape index (κ2) is 12.6. The summed E-state index contributed by atoms with van der Waals surface area (Å²) in [5.74, 6) is 0.0109. The van der Waals surface area contributed by atoms with Crippen LogP contribution >= 0.6 is 0 Å². The molecule has 0 radical (unpaired) electrons. The van der Waals surface area contributed by atoms with Crippen molar-refractivity contribution in [3.8, 4) is 5.75 Å². The molecule has 0 aliphatic rings. The number of hydrogen-bond donors (Lipinski definition) is 5. The first kappa shape index (κ1) is 29.3. The Morgan fingerprint density at radius 2 is 1.37 bits per heavy atom. The molecular weight excluding hydrogens is 498 g/mol. The van der Waals surface area contributed by atoms with Gasteiger partial charge in [0.2, 0.25) is 0 Å². The first-order valence-corrected chi connectivity index (χ1v) is 13.2. The van der Waals surface area contributed by atoms with E-state index in [-0.39, 0.29) is 5.84 Å². The molecule has 7 N–H and O–H groups in total. The van der Waals surface area contributed by atoms with Gasteiger partial charge in [-0.2, -0.15) is 16.8 Å². The molecule has 11 nitrogen and oxygen atoms in total. The van der Waals surface area contributed by atoms with Crippen molar-refractivity contribution in [1.29, 1.82) is 5.41 Å². The van der Waals surface area contributed by atoms with E-state index in [0.29, 0.717) is 29.5 Å². The van der Waals surface area contributed by atoms with Gasteiger partial charge in [0.25, 0.3) is 20.2 Å². The third kappa shape index (κ3) is 14.2. The standard InChI is InChI=1S/C20H17N3O2.2CH4O3S/c21-17-7-1-13(2-8-17)3-10-19(24)25-18-9-6-14-11-16(20(22)23)5-4-15(14)12-18;2*1-5(2,3)4/h1-12H,21H2,(H3,22,23);2*1H3,(H,2,3,4). The summed E-state index contributed by atoms with van der Waals surface area (Å²) in [6, 6.07) is 17.9. The number of anilines is 1. The molecule has 3 rings (SSSR count). The molecular formula is C22H25N3O8S2. The third-order valence-electron chi connectivity index (χ3n) is 3.69. The number of hydrogen-bond acceptors (Lipinski definition) is 8. The summed E-state index contributed by atoms with van der Waals surface area (Å²) in [5, 5.41) is 9.29. The molecule has 0 saturated heterocycles. The monoisotopic (exact) mass is 523 g/mol. The predicted molar refractivity (Wildman–Crippen MR) is 135 cm³/mol. The number of fused-ring (bicyclic) bond motifs is 1. The maximum Gasteiger partial charge on any atom is 0.336 e. The molecule has 0 aliphatic carbocycles. The van der Waals surface area contributed by atoms with Crippen LogP contribution in [0.15, 0.2) is 66.7 Å². The lowest BCUT2D eigenvalue weighted by Crippen LogP contribution is -2.10. The van der Waals surface area contributed by atoms with Crippen LogP contribution in [0.4, 0.5) is 5.69 Å². The lowest BCUT2D eigenvalue weighted by Gasteiger charge is -2.05. The van der Waals surface area contributed by atoms with Crippen LogP contribution in [-0.2, 0) is 25.0 Å². The summed E-state index contributed by atoms with van der Waals surface area (Å²) in [6.45, 7) is 0. The highest BCUT2D eigenvalue weighted by Gasteiger charge is 2.04. The van der Waals surface area contributed by atoms with E-state index in [1.165, 1.54) is 6.08 Å². The number of carbonyl (C=O) groups is 1. The molecule has 0 fully saturated rings. The highest BCUT2D eigenvalue weighted by Crippen LogP contribution is 2.22. The molecule has 35 heavy (non-hydrogen) atoms. The number of nitrogen functional groups attached to an aromatic ring is 2. The number of carbonyl (C=O) groups excluding carboxylic acids is 1. The number of nitrogens with one attached hydrogen (secondary N) is 1. The molecule has 0 spiro atoms. The molecule has 0 bridgehead atoms. The van der Waals surface area contributed by atoms with Crippen molar-refractivity contribution in [2.45, 2.75) is 0 Å². The zero-order valence-electron chi connectivity index (χ0n) is 18.7. The number of rotatable bonds is 4. The summed E-state index contributed by atoms with van der Waals surface area (Å²) in [7, 11) is -7.33. The van der Waals surface area contributed by atoms with Crippen molar-refractivity contribution in [2.24, 2.45) is 5.73 Å². The maximum absolute atomic E-state index is 12.0. The number of amidine groups is 1. The van der Waals surface area contributed by atoms with Crippen LogP contribution in [0.5, 0.6) is 5.75 Å². The topological polar surface area (TPSA) is 211 Å². The average Bonchev–Trinajstić information content (AvgIpc) is 2.70. The molecule has 3 aromatic rings. The minimum atomic E-state index is -3.67. The van der Waals surface area contributed by atoms with Gasteiger partial charge in [-0.1, -0.05) is 30.3 Å². The minimum Gasteiger partial charge on any atom is -0.423 e. The summed E-state index contributed by atoms with van der Waals surface area (Å²) in [6.07, 6.45) is 4.47. The largest absolute Gasteiger partial charge is 0.423 e. The van der Waals surface area contributed by atoms with E-state index in [2.05, 4.69) is 0 Å². The van der Waals surface area contributed by atoms with Crippen molar-refractivity contribution >= 4 is 54.6 Å². The summed E-state index contributed by atoms with van der Waals surface area (Å²) >= 11 is 0. The third-order valence-corrected chi connectivity index (χ3v) is 3.69. The number of nitrogens with two attached hydrogens (primary N) is 2. The highest BCUT2D eigenvalue weighted by molar-refractivity contribution is 7.85. The zero-order valence-corrected chi connectivity index (χ0v) is 20.4. The lowest BCUT2D eigenvalue weighted by molar-refractivity contribution is -0.128. The molecule has 0 saturated carbocycles. The Balaban J connectivity index is 0.000000519. The van der Waals surface area contributed by atoms with Gasteiger partial charge in [0.15, 0.2) is 0 Å². The fourth-order valence-corrected chi connectivity index (χ4v) is 2.38. The van der Waals surface area contributed by atoms with Crippen LogP contribution < -0.4 is 16.2 Å². The first-order valence-electron chi connectivity index (χ1n) is 9.50. The lowest BCUT2D eigenvalue weighted by atomic mass is 10.1. The highest BCUT2D eigenvalue weighted by atomic mass is 32.2. The quantitative estimate of drug-likeness (QED) is 0.0640. The molecule has 3 aromatic carbocycles. The Morgan fingerprint density at radius 3 is 1.89 bits per heavy atom. The van der Waals surface area contributed by atoms with Gasteiger partial charge in [-0.25, -0.2) is 4.79 Å². The van der Waals surface area contributed by atoms with Crippen molar-refractivity contribution in [1.82, 2.24) is 0 Å². The Hall–Kier alpha value is -3.78. The number of ether oxygens (including phenoxy) is 1. The van der Waals surface area contributed by atoms with Crippen LogP contribution in [0, 0.1) is 5.41 Å². The van der Waals surface area contributed by atoms with E-state index >= 15 is 0 Å². The van der Waals surface area contributed by atoms with Gasteiger partial charge in [0, 0.05) is 17.3 Å². The molecule has 0 aromatic heterocycles. The van der Waals surface area contributed by atoms with Gasteiger partial charge < -0.3 is 16.2 Å².